The van der Waals surface area contributed by atoms with E-state index in [1.54, 1.807) is 0 Å². The van der Waals surface area contributed by atoms with Gasteiger partial charge in [0, 0.05) is 24.6 Å². The van der Waals surface area contributed by atoms with Crippen molar-refractivity contribution >= 4 is 16.7 Å². The molecule has 70 valence electrons. The lowest BCUT2D eigenvalue weighted by Crippen LogP contribution is -2.28. The van der Waals surface area contributed by atoms with Gasteiger partial charge in [-0.1, -0.05) is 0 Å². The van der Waals surface area contributed by atoms with Gasteiger partial charge < -0.3 is 4.90 Å². The monoisotopic (exact) mass is 196 g/mol. The summed E-state index contributed by atoms with van der Waals surface area (Å²) in [6, 6.07) is 2.33. The molecular weight excluding hydrogens is 184 g/mol. The summed E-state index contributed by atoms with van der Waals surface area (Å²) in [5, 5.41) is 9.40. The average molecular weight is 196 g/mol. The molecule has 0 fully saturated rings. The van der Waals surface area contributed by atoms with Crippen molar-refractivity contribution in [3.63, 3.8) is 0 Å². The van der Waals surface area contributed by atoms with Crippen LogP contribution >= 0.6 is 11.5 Å². The van der Waals surface area contributed by atoms with E-state index in [-0.39, 0.29) is 6.04 Å². The minimum atomic E-state index is 0.192. The molecule has 0 saturated carbocycles. The third-order valence-electron chi connectivity index (χ3n) is 1.87. The number of aromatic nitrogens is 2. The standard InChI is InChI=1S/C8H12N4S/c1-6(4-5-9)12(3)8-10-7(2)11-13-8/h6H,4H2,1-3H3. The highest BCUT2D eigenvalue weighted by Crippen LogP contribution is 2.18. The molecule has 5 heteroatoms. The van der Waals surface area contributed by atoms with Crippen LogP contribution < -0.4 is 4.90 Å². The van der Waals surface area contributed by atoms with Gasteiger partial charge in [-0.15, -0.1) is 0 Å². The van der Waals surface area contributed by atoms with E-state index in [1.807, 2.05) is 25.8 Å². The summed E-state index contributed by atoms with van der Waals surface area (Å²) in [6.45, 7) is 3.86. The second-order valence-electron chi connectivity index (χ2n) is 2.95. The first-order chi connectivity index (χ1) is 6.15. The third-order valence-corrected chi connectivity index (χ3v) is 2.76. The number of aryl methyl sites for hydroxylation is 1. The molecule has 0 amide bonds. The maximum Gasteiger partial charge on any atom is 0.205 e. The zero-order chi connectivity index (χ0) is 9.84. The molecular formula is C8H12N4S. The molecule has 0 aromatic carbocycles. The van der Waals surface area contributed by atoms with E-state index in [2.05, 4.69) is 15.4 Å². The molecule has 0 aliphatic rings. The Balaban J connectivity index is 2.68. The fourth-order valence-corrected chi connectivity index (χ4v) is 1.62. The van der Waals surface area contributed by atoms with E-state index >= 15 is 0 Å². The van der Waals surface area contributed by atoms with Gasteiger partial charge >= 0.3 is 0 Å². The number of hydrogen-bond acceptors (Lipinski definition) is 5. The Kier molecular flexibility index (Phi) is 3.20. The summed E-state index contributed by atoms with van der Waals surface area (Å²) >= 11 is 1.37. The van der Waals surface area contributed by atoms with Crippen LogP contribution in [0.4, 0.5) is 5.13 Å². The van der Waals surface area contributed by atoms with Crippen LogP contribution in [0, 0.1) is 18.3 Å². The van der Waals surface area contributed by atoms with Crippen LogP contribution in [-0.2, 0) is 0 Å². The van der Waals surface area contributed by atoms with Gasteiger partial charge in [0.25, 0.3) is 0 Å². The number of anilines is 1. The summed E-state index contributed by atoms with van der Waals surface area (Å²) in [4.78, 5) is 6.22. The van der Waals surface area contributed by atoms with Crippen LogP contribution in [0.15, 0.2) is 0 Å². The van der Waals surface area contributed by atoms with Crippen molar-refractivity contribution in [1.82, 2.24) is 9.36 Å². The van der Waals surface area contributed by atoms with E-state index in [0.717, 1.165) is 11.0 Å². The molecule has 0 saturated heterocycles. The number of nitriles is 1. The van der Waals surface area contributed by atoms with E-state index in [1.165, 1.54) is 11.5 Å². The lowest BCUT2D eigenvalue weighted by Gasteiger charge is -2.20. The molecule has 4 nitrogen and oxygen atoms in total. The highest BCUT2D eigenvalue weighted by molar-refractivity contribution is 7.09. The first-order valence-corrected chi connectivity index (χ1v) is 4.82. The number of nitrogens with zero attached hydrogens (tertiary/aromatic N) is 4. The van der Waals surface area contributed by atoms with Crippen LogP contribution in [0.25, 0.3) is 0 Å². The summed E-state index contributed by atoms with van der Waals surface area (Å²) in [6.07, 6.45) is 0.509. The predicted molar refractivity (Wildman–Crippen MR) is 52.7 cm³/mol. The molecule has 0 spiro atoms. The molecule has 0 aliphatic heterocycles. The van der Waals surface area contributed by atoms with Gasteiger partial charge in [-0.2, -0.15) is 9.64 Å². The molecule has 1 heterocycles. The normalized spacial score (nSPS) is 12.2. The molecule has 1 atom stereocenters. The van der Waals surface area contributed by atoms with E-state index in [9.17, 15) is 0 Å². The molecule has 1 aromatic heterocycles. The van der Waals surface area contributed by atoms with Crippen LogP contribution in [-0.4, -0.2) is 22.4 Å². The Morgan fingerprint density at radius 1 is 1.69 bits per heavy atom. The number of rotatable bonds is 3. The van der Waals surface area contributed by atoms with E-state index in [0.29, 0.717) is 6.42 Å². The average Bonchev–Trinajstić information content (AvgIpc) is 2.51. The van der Waals surface area contributed by atoms with Gasteiger partial charge in [-0.25, -0.2) is 4.98 Å². The molecule has 1 rings (SSSR count). The van der Waals surface area contributed by atoms with Crippen LogP contribution in [0.1, 0.15) is 19.2 Å². The molecule has 0 aliphatic carbocycles. The van der Waals surface area contributed by atoms with Gasteiger partial charge in [-0.05, 0) is 13.8 Å². The summed E-state index contributed by atoms with van der Waals surface area (Å²) < 4.78 is 4.09. The minimum Gasteiger partial charge on any atom is -0.346 e. The van der Waals surface area contributed by atoms with Crippen molar-refractivity contribution in [2.24, 2.45) is 0 Å². The minimum absolute atomic E-state index is 0.192. The zero-order valence-corrected chi connectivity index (χ0v) is 8.80. The summed E-state index contributed by atoms with van der Waals surface area (Å²) in [5.74, 6) is 0.788. The Hall–Kier alpha value is -1.15. The van der Waals surface area contributed by atoms with Crippen molar-refractivity contribution < 1.29 is 0 Å². The van der Waals surface area contributed by atoms with E-state index < -0.39 is 0 Å². The largest absolute Gasteiger partial charge is 0.346 e. The Bertz CT molecular complexity index is 314. The Morgan fingerprint density at radius 2 is 2.38 bits per heavy atom. The molecule has 13 heavy (non-hydrogen) atoms. The summed E-state index contributed by atoms with van der Waals surface area (Å²) in [7, 11) is 1.93. The lowest BCUT2D eigenvalue weighted by atomic mass is 10.2. The fourth-order valence-electron chi connectivity index (χ4n) is 0.887. The van der Waals surface area contributed by atoms with Crippen LogP contribution in [0.5, 0.6) is 0 Å². The smallest absolute Gasteiger partial charge is 0.205 e. The Labute approximate surface area is 82.0 Å². The summed E-state index contributed by atoms with van der Waals surface area (Å²) in [5.41, 5.74) is 0. The van der Waals surface area contributed by atoms with Gasteiger partial charge in [0.05, 0.1) is 12.5 Å². The fraction of sp³-hybridized carbons (Fsp3) is 0.625. The molecule has 0 N–H and O–H groups in total. The van der Waals surface area contributed by atoms with Crippen molar-refractivity contribution in [1.29, 1.82) is 5.26 Å². The van der Waals surface area contributed by atoms with Crippen LogP contribution in [0.2, 0.25) is 0 Å². The van der Waals surface area contributed by atoms with Gasteiger partial charge in [0.1, 0.15) is 5.82 Å². The molecule has 1 aromatic rings. The van der Waals surface area contributed by atoms with E-state index in [4.69, 9.17) is 5.26 Å². The van der Waals surface area contributed by atoms with Crippen molar-refractivity contribution in [3.8, 4) is 6.07 Å². The quantitative estimate of drug-likeness (QED) is 0.736. The van der Waals surface area contributed by atoms with Gasteiger partial charge in [-0.3, -0.25) is 0 Å². The third kappa shape index (κ3) is 2.39. The maximum absolute atomic E-state index is 8.53. The predicted octanol–water partition coefficient (Wildman–Crippen LogP) is 1.58. The Morgan fingerprint density at radius 3 is 2.85 bits per heavy atom. The number of hydrogen-bond donors (Lipinski definition) is 0. The van der Waals surface area contributed by atoms with Crippen molar-refractivity contribution in [2.75, 3.05) is 11.9 Å². The maximum atomic E-state index is 8.53. The second-order valence-corrected chi connectivity index (χ2v) is 3.68. The topological polar surface area (TPSA) is 52.8 Å². The molecule has 0 bridgehead atoms. The first kappa shape index (κ1) is 9.93. The van der Waals surface area contributed by atoms with Gasteiger partial charge in [0.2, 0.25) is 5.13 Å². The SMILES string of the molecule is Cc1nsc(N(C)C(C)CC#N)n1. The van der Waals surface area contributed by atoms with Crippen molar-refractivity contribution in [3.05, 3.63) is 5.82 Å². The highest BCUT2D eigenvalue weighted by Gasteiger charge is 2.12. The van der Waals surface area contributed by atoms with Crippen LogP contribution in [0.3, 0.4) is 0 Å². The molecule has 0 radical (unpaired) electrons. The van der Waals surface area contributed by atoms with Gasteiger partial charge in [0.15, 0.2) is 0 Å². The zero-order valence-electron chi connectivity index (χ0n) is 7.98. The first-order valence-electron chi connectivity index (χ1n) is 4.05. The highest BCUT2D eigenvalue weighted by atomic mass is 32.1. The second kappa shape index (κ2) is 4.19. The molecule has 1 unspecified atom stereocenters. The van der Waals surface area contributed by atoms with Crippen molar-refractivity contribution in [2.45, 2.75) is 26.3 Å². The lowest BCUT2D eigenvalue weighted by molar-refractivity contribution is 0.699.